The van der Waals surface area contributed by atoms with Crippen molar-refractivity contribution in [2.45, 2.75) is 32.7 Å². The minimum Gasteiger partial charge on any atom is -0.467 e. The zero-order valence-corrected chi connectivity index (χ0v) is 11.7. The van der Waals surface area contributed by atoms with E-state index in [0.717, 1.165) is 29.7 Å². The van der Waals surface area contributed by atoms with Crippen LogP contribution in [0.4, 0.5) is 0 Å². The molecule has 2 N–H and O–H groups in total. The summed E-state index contributed by atoms with van der Waals surface area (Å²) in [4.78, 5) is 12.2. The molecule has 6 heteroatoms. The average molecular weight is 288 g/mol. The third-order valence-electron chi connectivity index (χ3n) is 3.66. The third kappa shape index (κ3) is 2.44. The van der Waals surface area contributed by atoms with E-state index in [0.29, 0.717) is 24.4 Å². The summed E-state index contributed by atoms with van der Waals surface area (Å²) in [6.45, 7) is 2.11. The minimum atomic E-state index is -0.296. The second-order valence-corrected chi connectivity index (χ2v) is 5.02. The molecule has 2 aromatic heterocycles. The highest BCUT2D eigenvalue weighted by molar-refractivity contribution is 6.06. The Hall–Kier alpha value is -2.50. The Balaban J connectivity index is 1.82. The van der Waals surface area contributed by atoms with Gasteiger partial charge in [-0.15, -0.1) is 0 Å². The third-order valence-corrected chi connectivity index (χ3v) is 3.66. The van der Waals surface area contributed by atoms with Crippen LogP contribution in [0.15, 0.2) is 32.4 Å². The number of fused-ring (bicyclic) bond motifs is 1. The number of oxime groups is 1. The van der Waals surface area contributed by atoms with Gasteiger partial charge in [0.25, 0.3) is 5.91 Å². The van der Waals surface area contributed by atoms with E-state index in [2.05, 4.69) is 10.5 Å². The molecule has 2 aromatic rings. The maximum atomic E-state index is 12.2. The number of furan rings is 2. The number of nitrogens with zero attached hydrogens (tertiary/aromatic N) is 1. The van der Waals surface area contributed by atoms with Crippen molar-refractivity contribution in [3.05, 3.63) is 46.8 Å². The quantitative estimate of drug-likeness (QED) is 0.671. The molecule has 2 heterocycles. The maximum Gasteiger partial charge on any atom is 0.287 e. The number of rotatable bonds is 3. The van der Waals surface area contributed by atoms with Crippen molar-refractivity contribution >= 4 is 11.6 Å². The van der Waals surface area contributed by atoms with Gasteiger partial charge in [-0.1, -0.05) is 5.16 Å². The first kappa shape index (κ1) is 13.5. The van der Waals surface area contributed by atoms with Crippen LogP contribution in [0.3, 0.4) is 0 Å². The van der Waals surface area contributed by atoms with E-state index in [4.69, 9.17) is 14.0 Å². The molecular formula is C15H16N2O4. The number of amides is 1. The van der Waals surface area contributed by atoms with Gasteiger partial charge in [0.2, 0.25) is 0 Å². The Morgan fingerprint density at radius 2 is 2.33 bits per heavy atom. The molecule has 0 bridgehead atoms. The molecule has 0 radical (unpaired) electrons. The summed E-state index contributed by atoms with van der Waals surface area (Å²) in [6, 6.07) is 3.55. The van der Waals surface area contributed by atoms with Crippen LogP contribution in [-0.2, 0) is 13.0 Å². The average Bonchev–Trinajstić information content (AvgIpc) is 3.13. The molecule has 3 rings (SSSR count). The Bertz CT molecular complexity index is 683. The number of carbonyl (C=O) groups is 1. The summed E-state index contributed by atoms with van der Waals surface area (Å²) in [5.74, 6) is 1.37. The van der Waals surface area contributed by atoms with Crippen LogP contribution in [0.5, 0.6) is 0 Å². The Labute approximate surface area is 121 Å². The second-order valence-electron chi connectivity index (χ2n) is 5.02. The molecule has 0 unspecified atom stereocenters. The number of aryl methyl sites for hydroxylation is 1. The Morgan fingerprint density at radius 1 is 1.48 bits per heavy atom. The highest BCUT2D eigenvalue weighted by Crippen LogP contribution is 2.29. The van der Waals surface area contributed by atoms with Crippen molar-refractivity contribution < 1.29 is 18.8 Å². The van der Waals surface area contributed by atoms with Crippen molar-refractivity contribution in [3.8, 4) is 0 Å². The lowest BCUT2D eigenvalue weighted by Crippen LogP contribution is -2.22. The van der Waals surface area contributed by atoms with Crippen LogP contribution in [0.2, 0.25) is 0 Å². The lowest BCUT2D eigenvalue weighted by atomic mass is 9.93. The molecule has 0 spiro atoms. The van der Waals surface area contributed by atoms with Crippen LogP contribution >= 0.6 is 0 Å². The van der Waals surface area contributed by atoms with Gasteiger partial charge in [0.15, 0.2) is 5.76 Å². The highest BCUT2D eigenvalue weighted by atomic mass is 16.4. The molecule has 0 aliphatic heterocycles. The molecule has 1 amide bonds. The van der Waals surface area contributed by atoms with Gasteiger partial charge in [0.05, 0.1) is 18.5 Å². The monoisotopic (exact) mass is 288 g/mol. The molecule has 0 aromatic carbocycles. The van der Waals surface area contributed by atoms with Gasteiger partial charge >= 0.3 is 0 Å². The van der Waals surface area contributed by atoms with Gasteiger partial charge < -0.3 is 19.4 Å². The zero-order chi connectivity index (χ0) is 14.8. The minimum absolute atomic E-state index is 0.273. The van der Waals surface area contributed by atoms with Crippen molar-refractivity contribution in [1.82, 2.24) is 5.32 Å². The molecule has 6 nitrogen and oxygen atoms in total. The molecule has 110 valence electrons. The lowest BCUT2D eigenvalue weighted by Gasteiger charge is -2.11. The molecular weight excluding hydrogens is 272 g/mol. The molecule has 21 heavy (non-hydrogen) atoms. The topological polar surface area (TPSA) is 88.0 Å². The van der Waals surface area contributed by atoms with Crippen LogP contribution in [-0.4, -0.2) is 16.8 Å². The smallest absolute Gasteiger partial charge is 0.287 e. The first-order chi connectivity index (χ1) is 10.2. The van der Waals surface area contributed by atoms with Crippen LogP contribution in [0.25, 0.3) is 0 Å². The second kappa shape index (κ2) is 5.47. The zero-order valence-electron chi connectivity index (χ0n) is 11.7. The van der Waals surface area contributed by atoms with Crippen LogP contribution in [0.1, 0.15) is 46.0 Å². The SMILES string of the molecule is Cc1c(C(=O)NCc2ccco2)oc2c1C(=NO)CCC2. The molecule has 1 aliphatic rings. The fraction of sp³-hybridized carbons (Fsp3) is 0.333. The molecule has 0 saturated heterocycles. The highest BCUT2D eigenvalue weighted by Gasteiger charge is 2.28. The first-order valence-electron chi connectivity index (χ1n) is 6.85. The van der Waals surface area contributed by atoms with Gasteiger partial charge in [-0.2, -0.15) is 0 Å². The maximum absolute atomic E-state index is 12.2. The number of nitrogens with one attached hydrogen (secondary N) is 1. The molecule has 0 saturated carbocycles. The van der Waals surface area contributed by atoms with Crippen molar-refractivity contribution in [2.75, 3.05) is 0 Å². The fourth-order valence-electron chi connectivity index (χ4n) is 2.65. The van der Waals surface area contributed by atoms with Gasteiger partial charge in [-0.25, -0.2) is 0 Å². The van der Waals surface area contributed by atoms with Gasteiger partial charge in [-0.3, -0.25) is 4.79 Å². The standard InChI is InChI=1S/C15H16N2O4/c1-9-13-11(17-19)5-2-6-12(13)21-14(9)15(18)16-8-10-4-3-7-20-10/h3-4,7,19H,2,5-6,8H2,1H3,(H,16,18). The summed E-state index contributed by atoms with van der Waals surface area (Å²) in [5.41, 5.74) is 2.07. The fourth-order valence-corrected chi connectivity index (χ4v) is 2.65. The summed E-state index contributed by atoms with van der Waals surface area (Å²) in [5, 5.41) is 15.1. The predicted octanol–water partition coefficient (Wildman–Crippen LogP) is 2.63. The van der Waals surface area contributed by atoms with E-state index in [1.54, 1.807) is 25.3 Å². The van der Waals surface area contributed by atoms with Crippen molar-refractivity contribution in [2.24, 2.45) is 5.16 Å². The lowest BCUT2D eigenvalue weighted by molar-refractivity contribution is 0.0917. The molecule has 1 aliphatic carbocycles. The van der Waals surface area contributed by atoms with Crippen molar-refractivity contribution in [3.63, 3.8) is 0 Å². The number of hydrogen-bond acceptors (Lipinski definition) is 5. The van der Waals surface area contributed by atoms with E-state index in [9.17, 15) is 4.79 Å². The van der Waals surface area contributed by atoms with Crippen LogP contribution < -0.4 is 5.32 Å². The Morgan fingerprint density at radius 3 is 3.05 bits per heavy atom. The number of carbonyl (C=O) groups excluding carboxylic acids is 1. The largest absolute Gasteiger partial charge is 0.467 e. The van der Waals surface area contributed by atoms with Crippen LogP contribution in [0, 0.1) is 6.92 Å². The summed E-state index contributed by atoms with van der Waals surface area (Å²) in [7, 11) is 0. The summed E-state index contributed by atoms with van der Waals surface area (Å²) >= 11 is 0. The van der Waals surface area contributed by atoms with Gasteiger partial charge in [0, 0.05) is 17.5 Å². The van der Waals surface area contributed by atoms with E-state index < -0.39 is 0 Å². The van der Waals surface area contributed by atoms with E-state index in [1.807, 2.05) is 0 Å². The summed E-state index contributed by atoms with van der Waals surface area (Å²) < 4.78 is 10.8. The van der Waals surface area contributed by atoms with Crippen molar-refractivity contribution in [1.29, 1.82) is 0 Å². The first-order valence-corrected chi connectivity index (χ1v) is 6.85. The number of hydrogen-bond donors (Lipinski definition) is 2. The van der Waals surface area contributed by atoms with E-state index in [-0.39, 0.29) is 11.7 Å². The predicted molar refractivity (Wildman–Crippen MR) is 74.6 cm³/mol. The van der Waals surface area contributed by atoms with E-state index >= 15 is 0 Å². The Kier molecular flexibility index (Phi) is 3.51. The van der Waals surface area contributed by atoms with Gasteiger partial charge in [0.1, 0.15) is 11.5 Å². The van der Waals surface area contributed by atoms with Gasteiger partial charge in [-0.05, 0) is 31.9 Å². The molecule has 0 fully saturated rings. The normalized spacial score (nSPS) is 16.0. The van der Waals surface area contributed by atoms with E-state index in [1.165, 1.54) is 0 Å². The molecule has 0 atom stereocenters. The summed E-state index contributed by atoms with van der Waals surface area (Å²) in [6.07, 6.45) is 3.85.